The highest BCUT2D eigenvalue weighted by Gasteiger charge is 2.33. The van der Waals surface area contributed by atoms with Gasteiger partial charge in [0.05, 0.1) is 17.5 Å². The average molecular weight is 509 g/mol. The molecule has 0 aliphatic rings. The maximum atomic E-state index is 13.4. The number of carboxylic acids is 1. The zero-order valence-electron chi connectivity index (χ0n) is 18.7. The number of ketones is 1. The summed E-state index contributed by atoms with van der Waals surface area (Å²) in [5.41, 5.74) is -1.68. The fourth-order valence-electron chi connectivity index (χ4n) is 3.68. The van der Waals surface area contributed by atoms with Crippen molar-refractivity contribution in [3.8, 4) is 11.1 Å². The van der Waals surface area contributed by atoms with Crippen molar-refractivity contribution >= 4 is 11.8 Å². The van der Waals surface area contributed by atoms with Crippen LogP contribution in [0.5, 0.6) is 0 Å². The molecule has 2 N–H and O–H groups in total. The second-order valence-electron chi connectivity index (χ2n) is 8.07. The Balaban J connectivity index is 1.92. The van der Waals surface area contributed by atoms with Crippen LogP contribution >= 0.6 is 0 Å². The second-order valence-corrected chi connectivity index (χ2v) is 8.07. The minimum Gasteiger partial charge on any atom is -0.481 e. The summed E-state index contributed by atoms with van der Waals surface area (Å²) >= 11 is 0. The van der Waals surface area contributed by atoms with Gasteiger partial charge in [-0.05, 0) is 46.5 Å². The van der Waals surface area contributed by atoms with Crippen LogP contribution in [0.15, 0.2) is 66.7 Å². The van der Waals surface area contributed by atoms with Crippen LogP contribution in [0, 0.1) is 0 Å². The Morgan fingerprint density at radius 1 is 0.806 bits per heavy atom. The summed E-state index contributed by atoms with van der Waals surface area (Å²) in [4.78, 5) is 23.3. The van der Waals surface area contributed by atoms with E-state index in [9.17, 15) is 35.9 Å². The van der Waals surface area contributed by atoms with Crippen LogP contribution in [-0.2, 0) is 30.1 Å². The van der Waals surface area contributed by atoms with Gasteiger partial charge in [0.1, 0.15) is 0 Å². The SMILES string of the molecule is O=C(O)Cc1cc(-c2ccc(C(F)(F)F)cc2CNCCC(=O)c2ccccc2)cc(C(F)(F)F)c1. The van der Waals surface area contributed by atoms with Crippen molar-refractivity contribution in [1.29, 1.82) is 0 Å². The molecule has 3 rings (SSSR count). The van der Waals surface area contributed by atoms with Crippen molar-refractivity contribution in [2.24, 2.45) is 0 Å². The van der Waals surface area contributed by atoms with Gasteiger partial charge in [0.2, 0.25) is 0 Å². The first-order valence-corrected chi connectivity index (χ1v) is 10.8. The number of halogens is 6. The van der Waals surface area contributed by atoms with Crippen molar-refractivity contribution in [3.05, 3.63) is 94.5 Å². The van der Waals surface area contributed by atoms with E-state index in [0.29, 0.717) is 11.6 Å². The molecule has 0 spiro atoms. The number of aliphatic carboxylic acids is 1. The van der Waals surface area contributed by atoms with Crippen molar-refractivity contribution in [3.63, 3.8) is 0 Å². The highest BCUT2D eigenvalue weighted by Crippen LogP contribution is 2.37. The molecule has 0 aromatic heterocycles. The van der Waals surface area contributed by atoms with Crippen LogP contribution < -0.4 is 5.32 Å². The van der Waals surface area contributed by atoms with Crippen LogP contribution in [0.1, 0.15) is 39.0 Å². The van der Waals surface area contributed by atoms with Gasteiger partial charge in [-0.1, -0.05) is 42.5 Å². The quantitative estimate of drug-likeness (QED) is 0.200. The number of hydrogen-bond acceptors (Lipinski definition) is 3. The molecule has 0 saturated heterocycles. The number of alkyl halides is 6. The molecule has 0 radical (unpaired) electrons. The Kier molecular flexibility index (Phi) is 8.19. The predicted molar refractivity (Wildman–Crippen MR) is 120 cm³/mol. The molecule has 10 heteroatoms. The molecule has 190 valence electrons. The lowest BCUT2D eigenvalue weighted by molar-refractivity contribution is -0.138. The summed E-state index contributed by atoms with van der Waals surface area (Å²) in [6, 6.07) is 13.8. The molecule has 0 aliphatic heterocycles. The minimum absolute atomic E-state index is 0.0533. The van der Waals surface area contributed by atoms with Crippen molar-refractivity contribution in [1.82, 2.24) is 5.32 Å². The summed E-state index contributed by atoms with van der Waals surface area (Å²) in [5.74, 6) is -1.53. The van der Waals surface area contributed by atoms with Gasteiger partial charge in [0, 0.05) is 25.1 Å². The third kappa shape index (κ3) is 7.17. The second kappa shape index (κ2) is 10.9. The van der Waals surface area contributed by atoms with Crippen LogP contribution in [0.2, 0.25) is 0 Å². The van der Waals surface area contributed by atoms with Gasteiger partial charge in [-0.25, -0.2) is 0 Å². The first kappa shape index (κ1) is 26.9. The molecule has 0 bridgehead atoms. The van der Waals surface area contributed by atoms with Gasteiger partial charge in [0.25, 0.3) is 0 Å². The third-order valence-corrected chi connectivity index (χ3v) is 5.36. The van der Waals surface area contributed by atoms with Gasteiger partial charge in [-0.3, -0.25) is 9.59 Å². The molecule has 0 unspecified atom stereocenters. The molecule has 0 heterocycles. The van der Waals surface area contributed by atoms with Gasteiger partial charge in [-0.15, -0.1) is 0 Å². The van der Waals surface area contributed by atoms with E-state index in [1.165, 1.54) is 6.07 Å². The molecule has 0 atom stereocenters. The average Bonchev–Trinajstić information content (AvgIpc) is 2.80. The molecule has 0 saturated carbocycles. The summed E-state index contributed by atoms with van der Waals surface area (Å²) in [6.07, 6.45) is -10.1. The van der Waals surface area contributed by atoms with Gasteiger partial charge >= 0.3 is 18.3 Å². The largest absolute Gasteiger partial charge is 0.481 e. The van der Waals surface area contributed by atoms with Crippen molar-refractivity contribution in [2.45, 2.75) is 31.7 Å². The number of hydrogen-bond donors (Lipinski definition) is 2. The Hall–Kier alpha value is -3.66. The van der Waals surface area contributed by atoms with Crippen LogP contribution in [0.4, 0.5) is 26.3 Å². The van der Waals surface area contributed by atoms with Crippen LogP contribution in [-0.4, -0.2) is 23.4 Å². The van der Waals surface area contributed by atoms with E-state index in [1.807, 2.05) is 0 Å². The highest BCUT2D eigenvalue weighted by atomic mass is 19.4. The summed E-state index contributed by atoms with van der Waals surface area (Å²) in [5, 5.41) is 11.9. The fraction of sp³-hybridized carbons (Fsp3) is 0.231. The van der Waals surface area contributed by atoms with Crippen molar-refractivity contribution in [2.75, 3.05) is 6.54 Å². The maximum absolute atomic E-state index is 13.4. The van der Waals surface area contributed by atoms with E-state index < -0.39 is 35.9 Å². The highest BCUT2D eigenvalue weighted by molar-refractivity contribution is 5.96. The minimum atomic E-state index is -4.79. The summed E-state index contributed by atoms with van der Waals surface area (Å²) < 4.78 is 80.3. The Bertz CT molecular complexity index is 1240. The molecule has 3 aromatic rings. The number of rotatable bonds is 9. The fourth-order valence-corrected chi connectivity index (χ4v) is 3.68. The smallest absolute Gasteiger partial charge is 0.416 e. The van der Waals surface area contributed by atoms with Crippen molar-refractivity contribution < 1.29 is 41.0 Å². The van der Waals surface area contributed by atoms with E-state index in [0.717, 1.165) is 24.3 Å². The maximum Gasteiger partial charge on any atom is 0.416 e. The third-order valence-electron chi connectivity index (χ3n) is 5.36. The zero-order chi connectivity index (χ0) is 26.5. The molecule has 0 amide bonds. The van der Waals surface area contributed by atoms with Gasteiger partial charge < -0.3 is 10.4 Å². The molecular weight excluding hydrogens is 488 g/mol. The lowest BCUT2D eigenvalue weighted by Crippen LogP contribution is -2.19. The number of benzene rings is 3. The lowest BCUT2D eigenvalue weighted by Gasteiger charge is -2.17. The van der Waals surface area contributed by atoms with Crippen LogP contribution in [0.3, 0.4) is 0 Å². The standard InChI is InChI=1S/C26H21F6NO3/c27-25(28,29)20-6-7-22(18-10-16(12-24(35)36)11-21(13-18)26(30,31)32)19(14-20)15-33-9-8-23(34)17-4-2-1-3-5-17/h1-7,10-11,13-14,33H,8-9,12,15H2,(H,35,36). The molecule has 4 nitrogen and oxygen atoms in total. The number of carboxylic acid groups (broad SMARTS) is 1. The van der Waals surface area contributed by atoms with E-state index in [4.69, 9.17) is 5.11 Å². The topological polar surface area (TPSA) is 66.4 Å². The summed E-state index contributed by atoms with van der Waals surface area (Å²) in [7, 11) is 0. The number of carbonyl (C=O) groups is 2. The number of Topliss-reactive ketones (excluding diaryl/α,β-unsaturated/α-hetero) is 1. The number of carbonyl (C=O) groups excluding carboxylic acids is 1. The molecule has 0 aliphatic carbocycles. The first-order chi connectivity index (χ1) is 16.8. The van der Waals surface area contributed by atoms with E-state index in [-0.39, 0.29) is 47.5 Å². The Morgan fingerprint density at radius 2 is 1.47 bits per heavy atom. The molecule has 0 fully saturated rings. The van der Waals surface area contributed by atoms with Gasteiger partial charge in [0.15, 0.2) is 5.78 Å². The lowest BCUT2D eigenvalue weighted by atomic mass is 9.93. The normalized spacial score (nSPS) is 11.9. The van der Waals surface area contributed by atoms with Gasteiger partial charge in [-0.2, -0.15) is 26.3 Å². The van der Waals surface area contributed by atoms with Crippen LogP contribution in [0.25, 0.3) is 11.1 Å². The zero-order valence-corrected chi connectivity index (χ0v) is 18.7. The van der Waals surface area contributed by atoms with E-state index in [1.54, 1.807) is 30.3 Å². The first-order valence-electron chi connectivity index (χ1n) is 10.8. The molecular formula is C26H21F6NO3. The summed E-state index contributed by atoms with van der Waals surface area (Å²) in [6.45, 7) is -0.0396. The van der Waals surface area contributed by atoms with E-state index in [2.05, 4.69) is 5.32 Å². The monoisotopic (exact) mass is 509 g/mol. The van der Waals surface area contributed by atoms with E-state index >= 15 is 0 Å². The Morgan fingerprint density at radius 3 is 2.08 bits per heavy atom. The molecule has 3 aromatic carbocycles. The predicted octanol–water partition coefficient (Wildman–Crippen LogP) is 6.38. The number of nitrogens with one attached hydrogen (secondary N) is 1. The molecule has 36 heavy (non-hydrogen) atoms. The Labute approximate surface area is 202 Å².